The highest BCUT2D eigenvalue weighted by Gasteiger charge is 2.16. The summed E-state index contributed by atoms with van der Waals surface area (Å²) in [6, 6.07) is 15.4. The van der Waals surface area contributed by atoms with E-state index in [9.17, 15) is 14.4 Å². The van der Waals surface area contributed by atoms with Gasteiger partial charge in [0.2, 0.25) is 11.8 Å². The van der Waals surface area contributed by atoms with Gasteiger partial charge in [-0.25, -0.2) is 4.79 Å². The van der Waals surface area contributed by atoms with Gasteiger partial charge in [0, 0.05) is 18.3 Å². The van der Waals surface area contributed by atoms with Gasteiger partial charge in [0.1, 0.15) is 6.54 Å². The van der Waals surface area contributed by atoms with Crippen LogP contribution in [0.4, 0.5) is 11.4 Å². The molecule has 2 rings (SSSR count). The predicted octanol–water partition coefficient (Wildman–Crippen LogP) is 2.85. The van der Waals surface area contributed by atoms with Crippen LogP contribution in [0.15, 0.2) is 54.6 Å². The number of anilines is 2. The number of carbonyl (C=O) groups is 3. The zero-order valence-corrected chi connectivity index (χ0v) is 14.2. The first kappa shape index (κ1) is 18.2. The van der Waals surface area contributed by atoms with E-state index in [2.05, 4.69) is 5.32 Å². The van der Waals surface area contributed by atoms with Gasteiger partial charge in [0.05, 0.1) is 12.2 Å². The summed E-state index contributed by atoms with van der Waals surface area (Å²) >= 11 is 0. The van der Waals surface area contributed by atoms with Crippen LogP contribution in [0.3, 0.4) is 0 Å². The van der Waals surface area contributed by atoms with Crippen LogP contribution >= 0.6 is 0 Å². The number of para-hydroxylation sites is 1. The SMILES string of the molecule is CCOC(=O)c1ccc(N(CC(=O)Nc2ccccc2)C(C)=O)cc1. The van der Waals surface area contributed by atoms with E-state index in [0.29, 0.717) is 23.5 Å². The van der Waals surface area contributed by atoms with E-state index in [1.807, 2.05) is 18.2 Å². The van der Waals surface area contributed by atoms with Gasteiger partial charge in [-0.05, 0) is 43.3 Å². The quantitative estimate of drug-likeness (QED) is 0.821. The molecule has 0 saturated heterocycles. The van der Waals surface area contributed by atoms with E-state index in [-0.39, 0.29) is 18.4 Å². The van der Waals surface area contributed by atoms with E-state index < -0.39 is 5.97 Å². The average molecular weight is 340 g/mol. The minimum absolute atomic E-state index is 0.122. The van der Waals surface area contributed by atoms with Gasteiger partial charge in [-0.3, -0.25) is 9.59 Å². The fourth-order valence-electron chi connectivity index (χ4n) is 2.24. The maximum Gasteiger partial charge on any atom is 0.338 e. The Morgan fingerprint density at radius 2 is 1.64 bits per heavy atom. The van der Waals surface area contributed by atoms with Gasteiger partial charge >= 0.3 is 5.97 Å². The number of rotatable bonds is 6. The van der Waals surface area contributed by atoms with E-state index in [0.717, 1.165) is 0 Å². The highest BCUT2D eigenvalue weighted by atomic mass is 16.5. The predicted molar refractivity (Wildman–Crippen MR) is 95.5 cm³/mol. The first-order valence-electron chi connectivity index (χ1n) is 7.91. The molecule has 25 heavy (non-hydrogen) atoms. The molecule has 0 aliphatic carbocycles. The Bertz CT molecular complexity index is 742. The number of nitrogens with one attached hydrogen (secondary N) is 1. The molecule has 2 aromatic carbocycles. The van der Waals surface area contributed by atoms with Crippen molar-refractivity contribution in [3.63, 3.8) is 0 Å². The lowest BCUT2D eigenvalue weighted by atomic mass is 10.2. The van der Waals surface area contributed by atoms with E-state index in [1.165, 1.54) is 11.8 Å². The molecule has 0 atom stereocenters. The third kappa shape index (κ3) is 5.17. The topological polar surface area (TPSA) is 75.7 Å². The number of ether oxygens (including phenoxy) is 1. The van der Waals surface area contributed by atoms with Crippen LogP contribution in [0.5, 0.6) is 0 Å². The molecule has 0 heterocycles. The highest BCUT2D eigenvalue weighted by Crippen LogP contribution is 2.17. The van der Waals surface area contributed by atoms with Crippen molar-refractivity contribution in [2.24, 2.45) is 0 Å². The molecule has 6 heteroatoms. The molecular formula is C19H20N2O4. The lowest BCUT2D eigenvalue weighted by Crippen LogP contribution is -2.36. The summed E-state index contributed by atoms with van der Waals surface area (Å²) in [4.78, 5) is 37.1. The van der Waals surface area contributed by atoms with E-state index in [4.69, 9.17) is 4.74 Å². The third-order valence-electron chi connectivity index (χ3n) is 3.43. The number of amides is 2. The summed E-state index contributed by atoms with van der Waals surface area (Å²) in [5.41, 5.74) is 1.58. The summed E-state index contributed by atoms with van der Waals surface area (Å²) in [5.74, 6) is -1.01. The van der Waals surface area contributed by atoms with E-state index >= 15 is 0 Å². The molecule has 0 bridgehead atoms. The van der Waals surface area contributed by atoms with Crippen molar-refractivity contribution in [2.75, 3.05) is 23.4 Å². The Morgan fingerprint density at radius 1 is 1.00 bits per heavy atom. The molecule has 0 saturated carbocycles. The van der Waals surface area contributed by atoms with Crippen LogP contribution < -0.4 is 10.2 Å². The largest absolute Gasteiger partial charge is 0.462 e. The molecule has 1 N–H and O–H groups in total. The van der Waals surface area contributed by atoms with Crippen molar-refractivity contribution in [3.05, 3.63) is 60.2 Å². The summed E-state index contributed by atoms with van der Waals surface area (Å²) in [7, 11) is 0. The Labute approximate surface area is 146 Å². The zero-order valence-electron chi connectivity index (χ0n) is 14.2. The number of hydrogen-bond acceptors (Lipinski definition) is 4. The lowest BCUT2D eigenvalue weighted by Gasteiger charge is -2.21. The molecule has 2 aromatic rings. The van der Waals surface area contributed by atoms with Crippen LogP contribution in [0.1, 0.15) is 24.2 Å². The fourth-order valence-corrected chi connectivity index (χ4v) is 2.24. The maximum atomic E-state index is 12.2. The van der Waals surface area contributed by atoms with Crippen molar-refractivity contribution < 1.29 is 19.1 Å². The van der Waals surface area contributed by atoms with Crippen LogP contribution in [0, 0.1) is 0 Å². The monoisotopic (exact) mass is 340 g/mol. The molecule has 2 amide bonds. The van der Waals surface area contributed by atoms with Crippen molar-refractivity contribution >= 4 is 29.2 Å². The van der Waals surface area contributed by atoms with Gasteiger partial charge in [0.15, 0.2) is 0 Å². The van der Waals surface area contributed by atoms with Gasteiger partial charge in [-0.1, -0.05) is 18.2 Å². The molecule has 0 unspecified atom stereocenters. The number of carbonyl (C=O) groups excluding carboxylic acids is 3. The number of hydrogen-bond donors (Lipinski definition) is 1. The normalized spacial score (nSPS) is 10.0. The minimum Gasteiger partial charge on any atom is -0.462 e. The fraction of sp³-hybridized carbons (Fsp3) is 0.211. The van der Waals surface area contributed by atoms with Gasteiger partial charge < -0.3 is 15.0 Å². The molecule has 0 fully saturated rings. The van der Waals surface area contributed by atoms with Crippen molar-refractivity contribution in [1.82, 2.24) is 0 Å². The molecule has 0 radical (unpaired) electrons. The lowest BCUT2D eigenvalue weighted by molar-refractivity contribution is -0.120. The summed E-state index contributed by atoms with van der Waals surface area (Å²) in [6.07, 6.45) is 0. The summed E-state index contributed by atoms with van der Waals surface area (Å²) < 4.78 is 4.92. The van der Waals surface area contributed by atoms with Crippen LogP contribution in [-0.2, 0) is 14.3 Å². The number of benzene rings is 2. The third-order valence-corrected chi connectivity index (χ3v) is 3.43. The first-order valence-corrected chi connectivity index (χ1v) is 7.91. The summed E-state index contributed by atoms with van der Waals surface area (Å²) in [6.45, 7) is 3.28. The van der Waals surface area contributed by atoms with Crippen molar-refractivity contribution in [1.29, 1.82) is 0 Å². The molecule has 130 valence electrons. The van der Waals surface area contributed by atoms with Gasteiger partial charge in [-0.2, -0.15) is 0 Å². The van der Waals surface area contributed by atoms with Crippen LogP contribution in [0.25, 0.3) is 0 Å². The summed E-state index contributed by atoms with van der Waals surface area (Å²) in [5, 5.41) is 2.74. The molecule has 0 spiro atoms. The minimum atomic E-state index is -0.426. The van der Waals surface area contributed by atoms with E-state index in [1.54, 1.807) is 43.3 Å². The van der Waals surface area contributed by atoms with Gasteiger partial charge in [-0.15, -0.1) is 0 Å². The smallest absolute Gasteiger partial charge is 0.338 e. The number of nitrogens with zero attached hydrogens (tertiary/aromatic N) is 1. The zero-order chi connectivity index (χ0) is 18.2. The first-order chi connectivity index (χ1) is 12.0. The molecule has 0 aliphatic rings. The number of esters is 1. The average Bonchev–Trinajstić information content (AvgIpc) is 2.61. The second kappa shape index (κ2) is 8.63. The van der Waals surface area contributed by atoms with Crippen LogP contribution in [0.2, 0.25) is 0 Å². The highest BCUT2D eigenvalue weighted by molar-refractivity contribution is 6.02. The Balaban J connectivity index is 2.08. The second-order valence-electron chi connectivity index (χ2n) is 5.29. The Kier molecular flexibility index (Phi) is 6.28. The molecule has 0 aliphatic heterocycles. The Hall–Kier alpha value is -3.15. The second-order valence-corrected chi connectivity index (χ2v) is 5.29. The Morgan fingerprint density at radius 3 is 2.20 bits per heavy atom. The van der Waals surface area contributed by atoms with Gasteiger partial charge in [0.25, 0.3) is 0 Å². The standard InChI is InChI=1S/C19H20N2O4/c1-3-25-19(24)15-9-11-17(12-10-15)21(14(2)22)13-18(23)20-16-7-5-4-6-8-16/h4-12H,3,13H2,1-2H3,(H,20,23). The molecular weight excluding hydrogens is 320 g/mol. The van der Waals surface area contributed by atoms with Crippen molar-refractivity contribution in [3.8, 4) is 0 Å². The maximum absolute atomic E-state index is 12.2. The molecule has 6 nitrogen and oxygen atoms in total. The molecule has 0 aromatic heterocycles. The van der Waals surface area contributed by atoms with Crippen molar-refractivity contribution in [2.45, 2.75) is 13.8 Å². The van der Waals surface area contributed by atoms with Crippen LogP contribution in [-0.4, -0.2) is 30.9 Å².